The topological polar surface area (TPSA) is 37.3 Å². The van der Waals surface area contributed by atoms with Crippen molar-refractivity contribution in [3.63, 3.8) is 0 Å². The van der Waals surface area contributed by atoms with Gasteiger partial charge in [-0.15, -0.1) is 23.1 Å². The number of rotatable bonds is 5. The number of hydrogen-bond donors (Lipinski definition) is 1. The normalized spacial score (nSPS) is 10.4. The Balaban J connectivity index is 1.97. The van der Waals surface area contributed by atoms with E-state index in [2.05, 4.69) is 18.2 Å². The number of hydrogen-bond acceptors (Lipinski definition) is 3. The average molecular weight is 264 g/mol. The molecule has 0 atom stereocenters. The molecule has 17 heavy (non-hydrogen) atoms. The number of thioether (sulfide) groups is 1. The van der Waals surface area contributed by atoms with E-state index in [4.69, 9.17) is 5.11 Å². The SMILES string of the molecule is O=C(O)CSc1ccc(Cc2ccccc2)s1. The van der Waals surface area contributed by atoms with Gasteiger partial charge in [-0.1, -0.05) is 30.3 Å². The Labute approximate surface area is 108 Å². The third kappa shape index (κ3) is 3.91. The summed E-state index contributed by atoms with van der Waals surface area (Å²) >= 11 is 3.05. The summed E-state index contributed by atoms with van der Waals surface area (Å²) in [5, 5.41) is 8.60. The van der Waals surface area contributed by atoms with Crippen molar-refractivity contribution in [3.8, 4) is 0 Å². The largest absolute Gasteiger partial charge is 0.481 e. The monoisotopic (exact) mass is 264 g/mol. The van der Waals surface area contributed by atoms with Gasteiger partial charge < -0.3 is 5.11 Å². The number of thiophene rings is 1. The Morgan fingerprint density at radius 3 is 2.65 bits per heavy atom. The molecule has 4 heteroatoms. The third-order valence-corrected chi connectivity index (χ3v) is 4.49. The van der Waals surface area contributed by atoms with Crippen LogP contribution in [0.4, 0.5) is 0 Å². The molecular formula is C13H12O2S2. The first-order valence-electron chi connectivity index (χ1n) is 5.21. The molecule has 2 aromatic rings. The van der Waals surface area contributed by atoms with Crippen LogP contribution in [0.25, 0.3) is 0 Å². The van der Waals surface area contributed by atoms with Gasteiger partial charge in [0.05, 0.1) is 9.96 Å². The lowest BCUT2D eigenvalue weighted by molar-refractivity contribution is -0.133. The Kier molecular flexibility index (Phi) is 4.23. The van der Waals surface area contributed by atoms with Gasteiger partial charge in [0, 0.05) is 11.3 Å². The fourth-order valence-corrected chi connectivity index (χ4v) is 3.39. The highest BCUT2D eigenvalue weighted by atomic mass is 32.2. The summed E-state index contributed by atoms with van der Waals surface area (Å²) < 4.78 is 1.07. The molecule has 0 fully saturated rings. The Morgan fingerprint density at radius 1 is 1.18 bits per heavy atom. The number of benzene rings is 1. The van der Waals surface area contributed by atoms with Crippen molar-refractivity contribution in [2.24, 2.45) is 0 Å². The molecule has 1 aromatic heterocycles. The van der Waals surface area contributed by atoms with Gasteiger partial charge in [0.1, 0.15) is 0 Å². The number of aliphatic carboxylic acids is 1. The van der Waals surface area contributed by atoms with Crippen LogP contribution in [0.1, 0.15) is 10.4 Å². The van der Waals surface area contributed by atoms with Crippen molar-refractivity contribution in [2.75, 3.05) is 5.75 Å². The molecule has 1 aromatic carbocycles. The fourth-order valence-electron chi connectivity index (χ4n) is 1.46. The minimum atomic E-state index is -0.770. The quantitative estimate of drug-likeness (QED) is 0.840. The van der Waals surface area contributed by atoms with E-state index in [0.29, 0.717) is 0 Å². The maximum atomic E-state index is 10.5. The van der Waals surface area contributed by atoms with E-state index in [1.807, 2.05) is 24.3 Å². The highest BCUT2D eigenvalue weighted by Crippen LogP contribution is 2.28. The summed E-state index contributed by atoms with van der Waals surface area (Å²) in [4.78, 5) is 11.7. The van der Waals surface area contributed by atoms with E-state index >= 15 is 0 Å². The van der Waals surface area contributed by atoms with Crippen molar-refractivity contribution in [1.29, 1.82) is 0 Å². The van der Waals surface area contributed by atoms with Crippen molar-refractivity contribution in [2.45, 2.75) is 10.6 Å². The minimum Gasteiger partial charge on any atom is -0.481 e. The molecule has 88 valence electrons. The summed E-state index contributed by atoms with van der Waals surface area (Å²) in [6.07, 6.45) is 0.916. The molecule has 0 spiro atoms. The zero-order chi connectivity index (χ0) is 12.1. The van der Waals surface area contributed by atoms with Gasteiger partial charge in [0.15, 0.2) is 0 Å². The second kappa shape index (κ2) is 5.89. The molecule has 0 saturated heterocycles. The molecule has 0 bridgehead atoms. The first-order valence-corrected chi connectivity index (χ1v) is 7.01. The predicted molar refractivity (Wildman–Crippen MR) is 71.9 cm³/mol. The van der Waals surface area contributed by atoms with Gasteiger partial charge in [0.25, 0.3) is 0 Å². The van der Waals surface area contributed by atoms with Gasteiger partial charge in [0.2, 0.25) is 0 Å². The van der Waals surface area contributed by atoms with Crippen molar-refractivity contribution >= 4 is 29.1 Å². The van der Waals surface area contributed by atoms with Crippen molar-refractivity contribution in [1.82, 2.24) is 0 Å². The van der Waals surface area contributed by atoms with Crippen LogP contribution in [0.2, 0.25) is 0 Å². The van der Waals surface area contributed by atoms with Gasteiger partial charge in [-0.2, -0.15) is 0 Å². The molecule has 0 aliphatic heterocycles. The maximum absolute atomic E-state index is 10.5. The molecule has 2 rings (SSSR count). The van der Waals surface area contributed by atoms with Crippen LogP contribution in [0.3, 0.4) is 0 Å². The van der Waals surface area contributed by atoms with Gasteiger partial charge >= 0.3 is 5.97 Å². The second-order valence-corrected chi connectivity index (χ2v) is 6.01. The first-order chi connectivity index (χ1) is 8.24. The lowest BCUT2D eigenvalue weighted by Crippen LogP contribution is -1.96. The lowest BCUT2D eigenvalue weighted by Gasteiger charge is -1.97. The van der Waals surface area contributed by atoms with Gasteiger partial charge in [-0.3, -0.25) is 4.79 Å². The molecule has 0 amide bonds. The molecule has 0 aliphatic carbocycles. The zero-order valence-electron chi connectivity index (χ0n) is 9.13. The summed E-state index contributed by atoms with van der Waals surface area (Å²) in [6.45, 7) is 0. The molecule has 0 aliphatic rings. The van der Waals surface area contributed by atoms with Crippen LogP contribution in [0.5, 0.6) is 0 Å². The molecule has 0 radical (unpaired) electrons. The van der Waals surface area contributed by atoms with Crippen LogP contribution in [-0.2, 0) is 11.2 Å². The van der Waals surface area contributed by atoms with E-state index in [1.165, 1.54) is 22.2 Å². The summed E-state index contributed by atoms with van der Waals surface area (Å²) in [7, 11) is 0. The molecule has 1 heterocycles. The molecule has 0 saturated carbocycles. The van der Waals surface area contributed by atoms with Gasteiger partial charge in [-0.05, 0) is 17.7 Å². The van der Waals surface area contributed by atoms with E-state index < -0.39 is 5.97 Å². The van der Waals surface area contributed by atoms with E-state index in [-0.39, 0.29) is 5.75 Å². The van der Waals surface area contributed by atoms with Crippen LogP contribution in [-0.4, -0.2) is 16.8 Å². The van der Waals surface area contributed by atoms with Crippen LogP contribution >= 0.6 is 23.1 Å². The van der Waals surface area contributed by atoms with Crippen molar-refractivity contribution in [3.05, 3.63) is 52.9 Å². The van der Waals surface area contributed by atoms with E-state index in [0.717, 1.165) is 10.6 Å². The second-order valence-electron chi connectivity index (χ2n) is 3.57. The lowest BCUT2D eigenvalue weighted by atomic mass is 10.1. The van der Waals surface area contributed by atoms with Crippen LogP contribution < -0.4 is 0 Å². The minimum absolute atomic E-state index is 0.130. The van der Waals surface area contributed by atoms with Crippen LogP contribution in [0, 0.1) is 0 Å². The fraction of sp³-hybridized carbons (Fsp3) is 0.154. The number of carboxylic acids is 1. The first kappa shape index (κ1) is 12.2. The smallest absolute Gasteiger partial charge is 0.313 e. The highest BCUT2D eigenvalue weighted by Gasteiger charge is 2.04. The van der Waals surface area contributed by atoms with Crippen molar-refractivity contribution < 1.29 is 9.90 Å². The van der Waals surface area contributed by atoms with Crippen LogP contribution in [0.15, 0.2) is 46.7 Å². The highest BCUT2D eigenvalue weighted by molar-refractivity contribution is 8.01. The molecule has 0 unspecified atom stereocenters. The van der Waals surface area contributed by atoms with E-state index in [1.54, 1.807) is 11.3 Å². The molecular weight excluding hydrogens is 252 g/mol. The summed E-state index contributed by atoms with van der Waals surface area (Å²) in [6, 6.07) is 14.3. The Hall–Kier alpha value is -1.26. The van der Waals surface area contributed by atoms with Gasteiger partial charge in [-0.25, -0.2) is 0 Å². The average Bonchev–Trinajstić information content (AvgIpc) is 2.75. The Bertz CT molecular complexity index is 491. The standard InChI is InChI=1S/C13H12O2S2/c14-12(15)9-16-13-7-6-11(17-13)8-10-4-2-1-3-5-10/h1-7H,8-9H2,(H,14,15). The number of carbonyl (C=O) groups is 1. The zero-order valence-corrected chi connectivity index (χ0v) is 10.8. The Morgan fingerprint density at radius 2 is 1.94 bits per heavy atom. The predicted octanol–water partition coefficient (Wildman–Crippen LogP) is 3.52. The number of carboxylic acid groups (broad SMARTS) is 1. The molecule has 2 nitrogen and oxygen atoms in total. The maximum Gasteiger partial charge on any atom is 0.313 e. The summed E-state index contributed by atoms with van der Waals surface area (Å²) in [5.41, 5.74) is 1.28. The third-order valence-electron chi connectivity index (χ3n) is 2.20. The summed E-state index contributed by atoms with van der Waals surface area (Å²) in [5.74, 6) is -0.640. The van der Waals surface area contributed by atoms with E-state index in [9.17, 15) is 4.79 Å². The molecule has 1 N–H and O–H groups in total.